The molecule has 1 spiro atoms. The average molecular weight is 399 g/mol. The minimum absolute atomic E-state index is 0.0680. The second-order valence-corrected chi connectivity index (χ2v) is 8.05. The average Bonchev–Trinajstić information content (AvgIpc) is 2.98. The van der Waals surface area contributed by atoms with Crippen molar-refractivity contribution in [3.63, 3.8) is 0 Å². The summed E-state index contributed by atoms with van der Waals surface area (Å²) in [6.45, 7) is 0.825. The summed E-state index contributed by atoms with van der Waals surface area (Å²) < 4.78 is 5.26. The molecule has 1 fully saturated rings. The molecule has 0 saturated heterocycles. The summed E-state index contributed by atoms with van der Waals surface area (Å²) in [5.41, 5.74) is 2.36. The van der Waals surface area contributed by atoms with Gasteiger partial charge < -0.3 is 15.4 Å². The lowest BCUT2D eigenvalue weighted by Gasteiger charge is -2.35. The number of nitrogens with one attached hydrogen (secondary N) is 2. The lowest BCUT2D eigenvalue weighted by atomic mass is 9.67. The molecule has 28 heavy (non-hydrogen) atoms. The van der Waals surface area contributed by atoms with Crippen LogP contribution in [0.4, 0.5) is 10.5 Å². The maximum Gasteiger partial charge on any atom is 0.407 e. The van der Waals surface area contributed by atoms with Crippen molar-refractivity contribution in [2.45, 2.75) is 37.7 Å². The molecule has 1 aliphatic heterocycles. The van der Waals surface area contributed by atoms with Crippen molar-refractivity contribution in [1.82, 2.24) is 5.32 Å². The highest BCUT2D eigenvalue weighted by molar-refractivity contribution is 6.31. The number of fused-ring (bicyclic) bond motifs is 2. The molecule has 0 unspecified atom stereocenters. The summed E-state index contributed by atoms with van der Waals surface area (Å²) in [6, 6.07) is 15.2. The van der Waals surface area contributed by atoms with E-state index in [4.69, 9.17) is 16.3 Å². The van der Waals surface area contributed by atoms with Gasteiger partial charge in [-0.25, -0.2) is 4.79 Å². The predicted molar refractivity (Wildman–Crippen MR) is 108 cm³/mol. The molecule has 0 atom stereocenters. The Kier molecular flexibility index (Phi) is 5.27. The van der Waals surface area contributed by atoms with Crippen molar-refractivity contribution in [3.05, 3.63) is 64.7 Å². The monoisotopic (exact) mass is 398 g/mol. The van der Waals surface area contributed by atoms with E-state index in [0.29, 0.717) is 17.5 Å². The summed E-state index contributed by atoms with van der Waals surface area (Å²) in [6.07, 6.45) is 2.87. The Balaban J connectivity index is 1.29. The first-order valence-electron chi connectivity index (χ1n) is 9.63. The number of amides is 2. The highest BCUT2D eigenvalue weighted by atomic mass is 35.5. The second-order valence-electron chi connectivity index (χ2n) is 7.61. The van der Waals surface area contributed by atoms with Gasteiger partial charge in [0.25, 0.3) is 0 Å². The predicted octanol–water partition coefficient (Wildman–Crippen LogP) is 4.65. The maximum absolute atomic E-state index is 12.7. The smallest absolute Gasteiger partial charge is 0.407 e. The van der Waals surface area contributed by atoms with Crippen molar-refractivity contribution < 1.29 is 14.3 Å². The number of hydrogen-bond donors (Lipinski definition) is 2. The molecule has 5 nitrogen and oxygen atoms in total. The van der Waals surface area contributed by atoms with Gasteiger partial charge in [0.05, 0.1) is 5.41 Å². The topological polar surface area (TPSA) is 67.4 Å². The number of alkyl carbamates (subject to hydrolysis) is 1. The van der Waals surface area contributed by atoms with Crippen LogP contribution in [0.25, 0.3) is 0 Å². The molecule has 1 heterocycles. The van der Waals surface area contributed by atoms with E-state index in [1.165, 1.54) is 0 Å². The van der Waals surface area contributed by atoms with Gasteiger partial charge in [-0.05, 0) is 60.9 Å². The number of ether oxygens (including phenoxy) is 1. The van der Waals surface area contributed by atoms with E-state index in [2.05, 4.69) is 10.6 Å². The molecule has 4 rings (SSSR count). The summed E-state index contributed by atoms with van der Waals surface area (Å²) in [5, 5.41) is 6.51. The zero-order valence-corrected chi connectivity index (χ0v) is 16.3. The Morgan fingerprint density at radius 3 is 2.68 bits per heavy atom. The van der Waals surface area contributed by atoms with Gasteiger partial charge in [0.15, 0.2) is 0 Å². The normalized spacial score (nSPS) is 23.2. The molecule has 2 aliphatic rings. The van der Waals surface area contributed by atoms with E-state index >= 15 is 0 Å². The number of halogens is 1. The summed E-state index contributed by atoms with van der Waals surface area (Å²) >= 11 is 6.16. The van der Waals surface area contributed by atoms with Crippen LogP contribution in [0.2, 0.25) is 5.02 Å². The maximum atomic E-state index is 12.7. The van der Waals surface area contributed by atoms with Gasteiger partial charge in [-0.3, -0.25) is 4.79 Å². The van der Waals surface area contributed by atoms with Crippen molar-refractivity contribution in [1.29, 1.82) is 0 Å². The van der Waals surface area contributed by atoms with Crippen LogP contribution < -0.4 is 10.6 Å². The SMILES string of the molecule is O=C(NCC1CCC2(CC1)C(=O)Nc1ccc(Cl)cc12)OCc1ccccc1. The van der Waals surface area contributed by atoms with E-state index in [-0.39, 0.29) is 12.5 Å². The minimum Gasteiger partial charge on any atom is -0.445 e. The molecule has 146 valence electrons. The fourth-order valence-electron chi connectivity index (χ4n) is 4.26. The fraction of sp³-hybridized carbons (Fsp3) is 0.364. The summed E-state index contributed by atoms with van der Waals surface area (Å²) in [5.74, 6) is 0.407. The first-order chi connectivity index (χ1) is 13.6. The van der Waals surface area contributed by atoms with E-state index < -0.39 is 11.5 Å². The molecular weight excluding hydrogens is 376 g/mol. The van der Waals surface area contributed by atoms with E-state index in [0.717, 1.165) is 42.5 Å². The quantitative estimate of drug-likeness (QED) is 0.787. The van der Waals surface area contributed by atoms with Gasteiger partial charge in [0.2, 0.25) is 5.91 Å². The minimum atomic E-state index is -0.482. The van der Waals surface area contributed by atoms with E-state index in [9.17, 15) is 9.59 Å². The lowest BCUT2D eigenvalue weighted by molar-refractivity contribution is -0.122. The molecule has 6 heteroatoms. The Hall–Kier alpha value is -2.53. The third-order valence-electron chi connectivity index (χ3n) is 5.89. The van der Waals surface area contributed by atoms with Crippen molar-refractivity contribution >= 4 is 29.3 Å². The zero-order valence-electron chi connectivity index (χ0n) is 15.5. The van der Waals surface area contributed by atoms with Crippen molar-refractivity contribution in [2.75, 3.05) is 11.9 Å². The Labute approximate surface area is 169 Å². The lowest BCUT2D eigenvalue weighted by Crippen LogP contribution is -2.40. The van der Waals surface area contributed by atoms with Gasteiger partial charge in [-0.1, -0.05) is 41.9 Å². The van der Waals surface area contributed by atoms with Crippen LogP contribution in [0.3, 0.4) is 0 Å². The molecule has 0 aromatic heterocycles. The summed E-state index contributed by atoms with van der Waals surface area (Å²) in [4.78, 5) is 24.6. The van der Waals surface area contributed by atoms with Gasteiger partial charge in [-0.2, -0.15) is 0 Å². The van der Waals surface area contributed by atoms with Crippen LogP contribution in [0.1, 0.15) is 36.8 Å². The fourth-order valence-corrected chi connectivity index (χ4v) is 4.43. The molecule has 1 saturated carbocycles. The molecule has 0 radical (unpaired) electrons. The zero-order chi connectivity index (χ0) is 19.6. The number of hydrogen-bond acceptors (Lipinski definition) is 3. The van der Waals surface area contributed by atoms with Crippen LogP contribution in [-0.4, -0.2) is 18.5 Å². The van der Waals surface area contributed by atoms with Gasteiger partial charge in [0.1, 0.15) is 6.61 Å². The van der Waals surface area contributed by atoms with Gasteiger partial charge in [0, 0.05) is 17.3 Å². The Morgan fingerprint density at radius 1 is 1.18 bits per heavy atom. The first kappa shape index (κ1) is 18.8. The van der Waals surface area contributed by atoms with Crippen molar-refractivity contribution in [2.24, 2.45) is 5.92 Å². The largest absolute Gasteiger partial charge is 0.445 e. The number of anilines is 1. The van der Waals surface area contributed by atoms with Gasteiger partial charge in [-0.15, -0.1) is 0 Å². The van der Waals surface area contributed by atoms with E-state index in [1.807, 2.05) is 42.5 Å². The molecule has 2 amide bonds. The van der Waals surface area contributed by atoms with Crippen molar-refractivity contribution in [3.8, 4) is 0 Å². The summed E-state index contributed by atoms with van der Waals surface area (Å²) in [7, 11) is 0. The number of rotatable bonds is 4. The van der Waals surface area contributed by atoms with Crippen LogP contribution in [0, 0.1) is 5.92 Å². The molecule has 0 bridgehead atoms. The molecule has 1 aliphatic carbocycles. The first-order valence-corrected chi connectivity index (χ1v) is 10.0. The molecule has 2 N–H and O–H groups in total. The molecule has 2 aromatic carbocycles. The third kappa shape index (κ3) is 3.72. The number of carbonyl (C=O) groups excluding carboxylic acids is 2. The molecule has 2 aromatic rings. The number of benzene rings is 2. The van der Waals surface area contributed by atoms with E-state index in [1.54, 1.807) is 6.07 Å². The van der Waals surface area contributed by atoms with Crippen LogP contribution in [0.15, 0.2) is 48.5 Å². The highest BCUT2D eigenvalue weighted by Crippen LogP contribution is 2.49. The van der Waals surface area contributed by atoms with Gasteiger partial charge >= 0.3 is 6.09 Å². The highest BCUT2D eigenvalue weighted by Gasteiger charge is 2.48. The van der Waals surface area contributed by atoms with Crippen LogP contribution >= 0.6 is 11.6 Å². The van der Waals surface area contributed by atoms with Crippen LogP contribution in [0.5, 0.6) is 0 Å². The molecular formula is C22H23ClN2O3. The third-order valence-corrected chi connectivity index (χ3v) is 6.12. The standard InChI is InChI=1S/C22H23ClN2O3/c23-17-6-7-19-18(12-17)22(20(26)25-19)10-8-15(9-11-22)13-24-21(27)28-14-16-4-2-1-3-5-16/h1-7,12,15H,8-11,13-14H2,(H,24,27)(H,25,26). The second kappa shape index (κ2) is 7.84. The Bertz CT molecular complexity index is 877. The number of carbonyl (C=O) groups is 2. The van der Waals surface area contributed by atoms with Crippen LogP contribution in [-0.2, 0) is 21.6 Å². The Morgan fingerprint density at radius 2 is 1.93 bits per heavy atom.